The van der Waals surface area contributed by atoms with Crippen molar-refractivity contribution in [2.75, 3.05) is 12.0 Å². The van der Waals surface area contributed by atoms with Gasteiger partial charge in [0.25, 0.3) is 0 Å². The minimum Gasteiger partial charge on any atom is -0.212 e. The van der Waals surface area contributed by atoms with E-state index in [9.17, 15) is 13.2 Å². The molecule has 0 atom stereocenters. The van der Waals surface area contributed by atoms with E-state index in [0.29, 0.717) is 15.9 Å². The summed E-state index contributed by atoms with van der Waals surface area (Å²) in [6.07, 6.45) is -2.32. The summed E-state index contributed by atoms with van der Waals surface area (Å²) in [5.74, 6) is -0.312. The molecular formula is C18H16F3N3S2. The second-order valence-electron chi connectivity index (χ2n) is 5.55. The van der Waals surface area contributed by atoms with Gasteiger partial charge in [-0.1, -0.05) is 42.1 Å². The van der Waals surface area contributed by atoms with Crippen molar-refractivity contribution in [1.82, 2.24) is 14.8 Å². The summed E-state index contributed by atoms with van der Waals surface area (Å²) < 4.78 is 39.5. The van der Waals surface area contributed by atoms with Gasteiger partial charge >= 0.3 is 6.18 Å². The molecule has 0 aliphatic carbocycles. The first-order valence-corrected chi connectivity index (χ1v) is 9.95. The highest BCUT2D eigenvalue weighted by Crippen LogP contribution is 2.33. The highest BCUT2D eigenvalue weighted by Gasteiger charge is 2.27. The first-order valence-electron chi connectivity index (χ1n) is 7.74. The van der Waals surface area contributed by atoms with Crippen LogP contribution >= 0.6 is 23.5 Å². The molecule has 0 saturated heterocycles. The molecular weight excluding hydrogens is 379 g/mol. The van der Waals surface area contributed by atoms with E-state index in [0.717, 1.165) is 28.6 Å². The number of benzene rings is 2. The molecule has 1 heterocycles. The molecule has 26 heavy (non-hydrogen) atoms. The second-order valence-corrected chi connectivity index (χ2v) is 7.34. The molecule has 0 bridgehead atoms. The number of rotatable bonds is 5. The van der Waals surface area contributed by atoms with Crippen LogP contribution in [0.25, 0.3) is 17.1 Å². The maximum atomic E-state index is 12.6. The molecule has 3 rings (SSSR count). The standard InChI is InChI=1S/C18H16F3N3S2/c1-12-8-9-13(10-15(12)26-11-18(19,20)21)16-22-17(25-2)23-24(16)14-6-4-3-5-7-14/h3-10H,11H2,1-2H3. The number of halogens is 3. The van der Waals surface area contributed by atoms with Gasteiger partial charge in [-0.3, -0.25) is 0 Å². The van der Waals surface area contributed by atoms with Crippen LogP contribution in [0.15, 0.2) is 58.6 Å². The first kappa shape index (κ1) is 18.8. The van der Waals surface area contributed by atoms with E-state index in [1.807, 2.05) is 48.7 Å². The van der Waals surface area contributed by atoms with Crippen molar-refractivity contribution < 1.29 is 13.2 Å². The molecule has 2 aromatic carbocycles. The Morgan fingerprint density at radius 1 is 1.08 bits per heavy atom. The predicted octanol–water partition coefficient (Wildman–Crippen LogP) is 5.62. The maximum absolute atomic E-state index is 12.6. The molecule has 0 unspecified atom stereocenters. The van der Waals surface area contributed by atoms with Crippen molar-refractivity contribution in [3.8, 4) is 17.1 Å². The summed E-state index contributed by atoms with van der Waals surface area (Å²) in [4.78, 5) is 5.13. The van der Waals surface area contributed by atoms with Crippen molar-refractivity contribution in [3.05, 3.63) is 54.1 Å². The zero-order chi connectivity index (χ0) is 18.7. The number of aryl methyl sites for hydroxylation is 1. The summed E-state index contributed by atoms with van der Waals surface area (Å²) in [5.41, 5.74) is 2.39. The molecule has 0 saturated carbocycles. The molecule has 0 radical (unpaired) electrons. The highest BCUT2D eigenvalue weighted by molar-refractivity contribution is 7.99. The first-order chi connectivity index (χ1) is 12.4. The smallest absolute Gasteiger partial charge is 0.212 e. The summed E-state index contributed by atoms with van der Waals surface area (Å²) in [7, 11) is 0. The normalized spacial score (nSPS) is 11.7. The number of hydrogen-bond acceptors (Lipinski definition) is 4. The largest absolute Gasteiger partial charge is 0.398 e. The lowest BCUT2D eigenvalue weighted by atomic mass is 10.1. The van der Waals surface area contributed by atoms with Crippen LogP contribution in [0.3, 0.4) is 0 Å². The van der Waals surface area contributed by atoms with Gasteiger partial charge in [0, 0.05) is 10.5 Å². The van der Waals surface area contributed by atoms with Crippen LogP contribution in [-0.2, 0) is 0 Å². The zero-order valence-corrected chi connectivity index (χ0v) is 15.8. The van der Waals surface area contributed by atoms with Gasteiger partial charge < -0.3 is 0 Å². The zero-order valence-electron chi connectivity index (χ0n) is 14.1. The third kappa shape index (κ3) is 4.42. The van der Waals surface area contributed by atoms with E-state index >= 15 is 0 Å². The van der Waals surface area contributed by atoms with Gasteiger partial charge in [0.15, 0.2) is 5.82 Å². The fraction of sp³-hybridized carbons (Fsp3) is 0.222. The fourth-order valence-electron chi connectivity index (χ4n) is 2.37. The predicted molar refractivity (Wildman–Crippen MR) is 100 cm³/mol. The molecule has 3 aromatic rings. The third-order valence-electron chi connectivity index (χ3n) is 3.61. The Balaban J connectivity index is 2.02. The molecule has 0 spiro atoms. The summed E-state index contributed by atoms with van der Waals surface area (Å²) in [6, 6.07) is 15.0. The van der Waals surface area contributed by atoms with Crippen molar-refractivity contribution in [2.45, 2.75) is 23.2 Å². The summed E-state index contributed by atoms with van der Waals surface area (Å²) in [5, 5.41) is 5.10. The maximum Gasteiger partial charge on any atom is 0.398 e. The van der Waals surface area contributed by atoms with Crippen molar-refractivity contribution >= 4 is 23.5 Å². The van der Waals surface area contributed by atoms with E-state index < -0.39 is 11.9 Å². The van der Waals surface area contributed by atoms with Gasteiger partial charge in [-0.25, -0.2) is 9.67 Å². The number of hydrogen-bond donors (Lipinski definition) is 0. The van der Waals surface area contributed by atoms with E-state index in [2.05, 4.69) is 10.1 Å². The SMILES string of the molecule is CSc1nc(-c2ccc(C)c(SCC(F)(F)F)c2)n(-c2ccccc2)n1. The van der Waals surface area contributed by atoms with Gasteiger partial charge in [-0.15, -0.1) is 16.9 Å². The molecule has 3 nitrogen and oxygen atoms in total. The Kier molecular flexibility index (Phi) is 5.62. The molecule has 1 aromatic heterocycles. The number of nitrogens with zero attached hydrogens (tertiary/aromatic N) is 3. The molecule has 136 valence electrons. The number of para-hydroxylation sites is 1. The van der Waals surface area contributed by atoms with Crippen molar-refractivity contribution in [1.29, 1.82) is 0 Å². The number of aromatic nitrogens is 3. The Bertz CT molecular complexity index is 892. The molecule has 0 N–H and O–H groups in total. The van der Waals surface area contributed by atoms with Crippen LogP contribution < -0.4 is 0 Å². The Hall–Kier alpha value is -1.93. The molecule has 0 fully saturated rings. The van der Waals surface area contributed by atoms with Crippen LogP contribution in [0.4, 0.5) is 13.2 Å². The lowest BCUT2D eigenvalue weighted by Crippen LogP contribution is -2.10. The van der Waals surface area contributed by atoms with Gasteiger partial charge in [-0.05, 0) is 36.9 Å². The fourth-order valence-corrected chi connectivity index (χ4v) is 3.54. The number of thioether (sulfide) groups is 2. The van der Waals surface area contributed by atoms with Crippen LogP contribution in [0.5, 0.6) is 0 Å². The lowest BCUT2D eigenvalue weighted by molar-refractivity contribution is -0.105. The van der Waals surface area contributed by atoms with E-state index in [-0.39, 0.29) is 0 Å². The van der Waals surface area contributed by atoms with Gasteiger partial charge in [0.2, 0.25) is 5.16 Å². The highest BCUT2D eigenvalue weighted by atomic mass is 32.2. The minimum absolute atomic E-state index is 0.591. The van der Waals surface area contributed by atoms with Crippen LogP contribution in [0.2, 0.25) is 0 Å². The molecule has 0 aliphatic rings. The third-order valence-corrected chi connectivity index (χ3v) is 5.37. The Labute approximate surface area is 158 Å². The lowest BCUT2D eigenvalue weighted by Gasteiger charge is -2.11. The Morgan fingerprint density at radius 2 is 1.81 bits per heavy atom. The van der Waals surface area contributed by atoms with Gasteiger partial charge in [0.05, 0.1) is 11.4 Å². The minimum atomic E-state index is -4.21. The molecule has 0 amide bonds. The van der Waals surface area contributed by atoms with Crippen LogP contribution in [0, 0.1) is 6.92 Å². The average Bonchev–Trinajstić information content (AvgIpc) is 3.05. The summed E-state index contributed by atoms with van der Waals surface area (Å²) in [6.45, 7) is 1.80. The van der Waals surface area contributed by atoms with E-state index in [1.165, 1.54) is 11.8 Å². The van der Waals surface area contributed by atoms with Crippen molar-refractivity contribution in [2.24, 2.45) is 0 Å². The number of alkyl halides is 3. The summed E-state index contributed by atoms with van der Waals surface area (Å²) >= 11 is 2.21. The molecule has 8 heteroatoms. The average molecular weight is 395 g/mol. The van der Waals surface area contributed by atoms with Crippen LogP contribution in [-0.4, -0.2) is 32.9 Å². The topological polar surface area (TPSA) is 30.7 Å². The quantitative estimate of drug-likeness (QED) is 0.525. The van der Waals surface area contributed by atoms with E-state index in [1.54, 1.807) is 17.7 Å². The van der Waals surface area contributed by atoms with E-state index in [4.69, 9.17) is 0 Å². The van der Waals surface area contributed by atoms with Crippen molar-refractivity contribution in [3.63, 3.8) is 0 Å². The molecule has 0 aliphatic heterocycles. The van der Waals surface area contributed by atoms with Crippen LogP contribution in [0.1, 0.15) is 5.56 Å². The Morgan fingerprint density at radius 3 is 2.46 bits per heavy atom. The van der Waals surface area contributed by atoms with Gasteiger partial charge in [-0.2, -0.15) is 13.2 Å². The second kappa shape index (κ2) is 7.75. The monoisotopic (exact) mass is 395 g/mol. The van der Waals surface area contributed by atoms with Gasteiger partial charge in [0.1, 0.15) is 0 Å².